The molecule has 15 nitrogen and oxygen atoms in total. The van der Waals surface area contributed by atoms with Gasteiger partial charge < -0.3 is 26.4 Å². The van der Waals surface area contributed by atoms with Crippen LogP contribution >= 0.6 is 0 Å². The van der Waals surface area contributed by atoms with Crippen molar-refractivity contribution in [2.45, 2.75) is 0 Å². The maximum atomic E-state index is 13.5. The van der Waals surface area contributed by atoms with E-state index in [1.807, 2.05) is 42.5 Å². The van der Waals surface area contributed by atoms with E-state index >= 15 is 0 Å². The van der Waals surface area contributed by atoms with Crippen LogP contribution in [-0.2, 0) is 10.4 Å². The summed E-state index contributed by atoms with van der Waals surface area (Å²) in [6.45, 7) is 0.127. The molecule has 9 rings (SSSR count). The fourth-order valence-electron chi connectivity index (χ4n) is 7.15. The molecule has 7 aromatic rings. The highest BCUT2D eigenvalue weighted by Crippen LogP contribution is 2.37. The molecule has 0 spiro atoms. The molecule has 0 saturated carbocycles. The summed E-state index contributed by atoms with van der Waals surface area (Å²) >= 11 is 0. The van der Waals surface area contributed by atoms with Gasteiger partial charge in [-0.1, -0.05) is 103 Å². The van der Waals surface area contributed by atoms with Gasteiger partial charge >= 0.3 is 10.4 Å². The van der Waals surface area contributed by atoms with Gasteiger partial charge in [0, 0.05) is 44.8 Å². The van der Waals surface area contributed by atoms with Crippen LogP contribution in [0, 0.1) is 0 Å². The molecular weight excluding hydrogens is 853 g/mol. The van der Waals surface area contributed by atoms with E-state index in [4.69, 9.17) is 28.0 Å². The standard InChI is InChI=1S/C28H20N2O4.C21H14N2O3.H2O4S/c31-26-21-14-8-16-23(30-28(33)18-9-3-1-4-10-18)25(21)27(32)20-13-7-15-22(24(20)26)29-17-34-19-11-5-2-6-12-19;22-15-10-4-8-13-17(15)19(24)14-9-5-11-16(18(14)20(13)25)23-21(26)12-6-2-1-3-7-12;1-5(2,3)4/h1-16,29H,17H2,(H,30,33);1-11H,22H2,(H,23,26);(H2,1,2,3,4). The third-order valence-corrected chi connectivity index (χ3v) is 9.99. The number of nitrogen functional groups attached to an aromatic ring is 1. The number of hydrogen-bond acceptors (Lipinski definition) is 11. The van der Waals surface area contributed by atoms with Gasteiger partial charge in [0.2, 0.25) is 0 Å². The lowest BCUT2D eigenvalue weighted by molar-refractivity contribution is 0.0979. The minimum atomic E-state index is -4.67. The van der Waals surface area contributed by atoms with Gasteiger partial charge in [-0.05, 0) is 60.7 Å². The number of nitrogens with two attached hydrogens (primary N) is 1. The predicted molar refractivity (Wildman–Crippen MR) is 242 cm³/mol. The van der Waals surface area contributed by atoms with Crippen LogP contribution in [0.5, 0.6) is 5.75 Å². The van der Waals surface area contributed by atoms with E-state index in [2.05, 4.69) is 16.0 Å². The topological polar surface area (TPSA) is 248 Å². The first-order valence-electron chi connectivity index (χ1n) is 19.5. The van der Waals surface area contributed by atoms with Gasteiger partial charge in [0.05, 0.1) is 33.6 Å². The number of ketones is 4. The van der Waals surface area contributed by atoms with Crippen LogP contribution in [0.3, 0.4) is 0 Å². The van der Waals surface area contributed by atoms with E-state index in [1.165, 1.54) is 0 Å². The van der Waals surface area contributed by atoms with Gasteiger partial charge in [0.15, 0.2) is 29.9 Å². The molecule has 2 aliphatic rings. The van der Waals surface area contributed by atoms with Gasteiger partial charge in [-0.2, -0.15) is 8.42 Å². The third-order valence-electron chi connectivity index (χ3n) is 9.99. The number of benzene rings is 7. The summed E-state index contributed by atoms with van der Waals surface area (Å²) in [7, 11) is -4.67. The Morgan fingerprint density at radius 3 is 1.23 bits per heavy atom. The van der Waals surface area contributed by atoms with Crippen LogP contribution in [0.1, 0.15) is 84.4 Å². The Morgan fingerprint density at radius 2 is 0.800 bits per heavy atom. The van der Waals surface area contributed by atoms with Crippen LogP contribution < -0.4 is 26.4 Å². The first kappa shape index (κ1) is 44.5. The van der Waals surface area contributed by atoms with Crippen LogP contribution in [0.4, 0.5) is 22.7 Å². The monoisotopic (exact) mass is 888 g/mol. The lowest BCUT2D eigenvalue weighted by Crippen LogP contribution is -2.25. The molecule has 0 heterocycles. The van der Waals surface area contributed by atoms with Crippen molar-refractivity contribution in [1.29, 1.82) is 0 Å². The first-order valence-corrected chi connectivity index (χ1v) is 20.9. The van der Waals surface area contributed by atoms with E-state index in [-0.39, 0.29) is 86.3 Å². The molecule has 2 amide bonds. The highest BCUT2D eigenvalue weighted by molar-refractivity contribution is 7.79. The number of amides is 2. The third kappa shape index (κ3) is 10.1. The normalized spacial score (nSPS) is 12.0. The molecule has 0 saturated heterocycles. The van der Waals surface area contributed by atoms with Gasteiger partial charge in [0.1, 0.15) is 5.75 Å². The molecule has 0 atom stereocenters. The van der Waals surface area contributed by atoms with Crippen molar-refractivity contribution in [3.63, 3.8) is 0 Å². The Kier molecular flexibility index (Phi) is 13.2. The summed E-state index contributed by atoms with van der Waals surface area (Å²) in [4.78, 5) is 77.9. The minimum absolute atomic E-state index is 0.127. The number of hydrogen-bond donors (Lipinski definition) is 6. The number of carbonyl (C=O) groups is 6. The Hall–Kier alpha value is -8.57. The maximum absolute atomic E-state index is 13.5. The molecule has 0 unspecified atom stereocenters. The van der Waals surface area contributed by atoms with Gasteiger partial charge in [-0.25, -0.2) is 0 Å². The van der Waals surface area contributed by atoms with E-state index in [9.17, 15) is 28.8 Å². The quantitative estimate of drug-likeness (QED) is 0.0485. The minimum Gasteiger partial charge on any atom is -0.473 e. The van der Waals surface area contributed by atoms with Crippen molar-refractivity contribution < 1.29 is 51.0 Å². The molecule has 7 aromatic carbocycles. The number of ether oxygens (including phenoxy) is 1. The van der Waals surface area contributed by atoms with Crippen LogP contribution in [0.2, 0.25) is 0 Å². The Bertz CT molecular complexity index is 3120. The number of carbonyl (C=O) groups excluding carboxylic acids is 6. The SMILES string of the molecule is Nc1cccc2c1C(=O)c1cccc(NC(=O)c3ccccc3)c1C2=O.O=C(Nc1cccc2c1C(=O)c1cccc(NCOc3ccccc3)c1C2=O)c1ccccc1.O=S(=O)(O)O. The molecule has 324 valence electrons. The van der Waals surface area contributed by atoms with Gasteiger partial charge in [-0.3, -0.25) is 37.9 Å². The van der Waals surface area contributed by atoms with Crippen molar-refractivity contribution in [2.75, 3.05) is 28.4 Å². The summed E-state index contributed by atoms with van der Waals surface area (Å²) < 4.78 is 37.3. The van der Waals surface area contributed by atoms with Crippen molar-refractivity contribution >= 4 is 68.1 Å². The number of para-hydroxylation sites is 1. The van der Waals surface area contributed by atoms with Gasteiger partial charge in [0.25, 0.3) is 11.8 Å². The first-order chi connectivity index (χ1) is 31.2. The number of fused-ring (bicyclic) bond motifs is 4. The number of rotatable bonds is 8. The molecule has 16 heteroatoms. The molecule has 0 aromatic heterocycles. The summed E-state index contributed by atoms with van der Waals surface area (Å²) in [6.07, 6.45) is 0. The molecule has 65 heavy (non-hydrogen) atoms. The van der Waals surface area contributed by atoms with Crippen LogP contribution in [0.25, 0.3) is 0 Å². The lowest BCUT2D eigenvalue weighted by atomic mass is 9.82. The predicted octanol–water partition coefficient (Wildman–Crippen LogP) is 7.81. The molecular formula is C49H36N4O11S. The van der Waals surface area contributed by atoms with E-state index in [0.717, 1.165) is 0 Å². The average molecular weight is 889 g/mol. The van der Waals surface area contributed by atoms with Crippen molar-refractivity contribution in [3.05, 3.63) is 219 Å². The molecule has 0 aliphatic heterocycles. The zero-order valence-corrected chi connectivity index (χ0v) is 34.7. The second-order valence-corrected chi connectivity index (χ2v) is 15.0. The highest BCUT2D eigenvalue weighted by Gasteiger charge is 2.35. The fourth-order valence-corrected chi connectivity index (χ4v) is 7.15. The van der Waals surface area contributed by atoms with Crippen molar-refractivity contribution in [1.82, 2.24) is 0 Å². The average Bonchev–Trinajstić information content (AvgIpc) is 3.30. The molecule has 0 fully saturated rings. The number of nitrogens with one attached hydrogen (secondary N) is 3. The van der Waals surface area contributed by atoms with Gasteiger partial charge in [-0.15, -0.1) is 0 Å². The Balaban J connectivity index is 0.000000181. The van der Waals surface area contributed by atoms with E-state index < -0.39 is 10.4 Å². The molecule has 2 aliphatic carbocycles. The molecule has 0 radical (unpaired) electrons. The molecule has 7 N–H and O–H groups in total. The lowest BCUT2D eigenvalue weighted by Gasteiger charge is -2.23. The largest absolute Gasteiger partial charge is 0.473 e. The fraction of sp³-hybridized carbons (Fsp3) is 0.0204. The number of anilines is 4. The summed E-state index contributed by atoms with van der Waals surface area (Å²) in [5, 5.41) is 8.63. The molecule has 0 bridgehead atoms. The summed E-state index contributed by atoms with van der Waals surface area (Å²) in [5.74, 6) is -1.27. The van der Waals surface area contributed by atoms with Crippen molar-refractivity contribution in [3.8, 4) is 5.75 Å². The zero-order chi connectivity index (χ0) is 46.3. The smallest absolute Gasteiger partial charge is 0.394 e. The van der Waals surface area contributed by atoms with Crippen LogP contribution in [-0.4, -0.2) is 59.2 Å². The zero-order valence-electron chi connectivity index (χ0n) is 33.8. The van der Waals surface area contributed by atoms with E-state index in [0.29, 0.717) is 39.5 Å². The van der Waals surface area contributed by atoms with E-state index in [1.54, 1.807) is 121 Å². The summed E-state index contributed by atoms with van der Waals surface area (Å²) in [5.41, 5.74) is 10.1. The van der Waals surface area contributed by atoms with Crippen molar-refractivity contribution in [2.24, 2.45) is 0 Å². The maximum Gasteiger partial charge on any atom is 0.394 e. The second-order valence-electron chi connectivity index (χ2n) is 14.1. The Labute approximate surface area is 371 Å². The Morgan fingerprint density at radius 1 is 0.462 bits per heavy atom. The van der Waals surface area contributed by atoms with Crippen LogP contribution in [0.15, 0.2) is 164 Å². The summed E-state index contributed by atoms with van der Waals surface area (Å²) in [6, 6.07) is 46.3. The highest BCUT2D eigenvalue weighted by atomic mass is 32.3. The second kappa shape index (κ2) is 19.2.